The lowest BCUT2D eigenvalue weighted by Crippen LogP contribution is -2.53. The van der Waals surface area contributed by atoms with Gasteiger partial charge >= 0.3 is 12.2 Å². The molecule has 1 aliphatic carbocycles. The highest BCUT2D eigenvalue weighted by atomic mass is 19.1. The maximum Gasteiger partial charge on any atom is 0.407 e. The van der Waals surface area contributed by atoms with E-state index in [4.69, 9.17) is 28.9 Å². The lowest BCUT2D eigenvalue weighted by Gasteiger charge is -2.31. The quantitative estimate of drug-likeness (QED) is 0.111. The summed E-state index contributed by atoms with van der Waals surface area (Å²) in [5.41, 5.74) is 8.13. The van der Waals surface area contributed by atoms with E-state index in [2.05, 4.69) is 72.8 Å². The number of amides is 4. The molecule has 5 aliphatic rings. The van der Waals surface area contributed by atoms with E-state index in [-0.39, 0.29) is 53.5 Å². The van der Waals surface area contributed by atoms with Crippen LogP contribution in [0, 0.1) is 29.5 Å². The number of nitrogens with zero attached hydrogens (tertiary/aromatic N) is 4. The molecule has 2 fully saturated rings. The minimum absolute atomic E-state index is 0.0307. The number of allylic oxidation sites excluding steroid dienone is 2. The molecule has 1 aromatic heterocycles. The highest BCUT2D eigenvalue weighted by Gasteiger charge is 2.42. The topological polar surface area (TPSA) is 177 Å². The van der Waals surface area contributed by atoms with Gasteiger partial charge in [0.2, 0.25) is 11.8 Å². The summed E-state index contributed by atoms with van der Waals surface area (Å²) in [5.74, 6) is 0.701. The number of imidazole rings is 1. The van der Waals surface area contributed by atoms with Crippen LogP contribution in [0.2, 0.25) is 0 Å². The Balaban J connectivity index is 1.09. The molecule has 8 unspecified atom stereocenters. The molecule has 404 valence electrons. The van der Waals surface area contributed by atoms with E-state index in [9.17, 15) is 19.2 Å². The number of benzene rings is 3. The number of methoxy groups -OCH3 is 2. The molecule has 4 aliphatic heterocycles. The van der Waals surface area contributed by atoms with Gasteiger partial charge in [-0.15, -0.1) is 0 Å². The molecule has 76 heavy (non-hydrogen) atoms. The molecule has 16 heteroatoms. The van der Waals surface area contributed by atoms with Gasteiger partial charge < -0.3 is 44.4 Å². The third-order valence-electron chi connectivity index (χ3n) is 16.0. The van der Waals surface area contributed by atoms with Crippen LogP contribution in [0.1, 0.15) is 152 Å². The molecule has 4 amide bonds. The monoisotopic (exact) mass is 1040 g/mol. The van der Waals surface area contributed by atoms with Gasteiger partial charge in [-0.2, -0.15) is 0 Å². The van der Waals surface area contributed by atoms with Crippen LogP contribution >= 0.6 is 0 Å². The molecule has 3 aromatic carbocycles. The van der Waals surface area contributed by atoms with Gasteiger partial charge in [0.1, 0.15) is 41.3 Å². The number of likely N-dealkylation sites (tertiary alicyclic amines) is 2. The first kappa shape index (κ1) is 53.8. The number of halogens is 1. The number of ether oxygens (including phenoxy) is 4. The fourth-order valence-corrected chi connectivity index (χ4v) is 11.9. The number of alkyl carbamates (subject to hydrolysis) is 2. The van der Waals surface area contributed by atoms with Crippen molar-refractivity contribution in [2.24, 2.45) is 28.7 Å². The van der Waals surface area contributed by atoms with Gasteiger partial charge in [-0.05, 0) is 128 Å². The van der Waals surface area contributed by atoms with E-state index in [1.807, 2.05) is 56.9 Å². The summed E-state index contributed by atoms with van der Waals surface area (Å²) in [7, 11) is 2.57. The van der Waals surface area contributed by atoms with Crippen LogP contribution in [0.4, 0.5) is 14.0 Å². The number of carbonyl (C=O) groups excluding carboxylic acids is 4. The Hall–Kier alpha value is -6.97. The van der Waals surface area contributed by atoms with Crippen LogP contribution in [0.3, 0.4) is 0 Å². The minimum Gasteiger partial charge on any atom is -0.494 e. The van der Waals surface area contributed by atoms with Gasteiger partial charge in [0, 0.05) is 35.8 Å². The molecule has 3 N–H and O–H groups in total. The summed E-state index contributed by atoms with van der Waals surface area (Å²) in [6.45, 7) is 15.8. The number of fused-ring (bicyclic) bond motifs is 5. The molecule has 0 saturated carbocycles. The average Bonchev–Trinajstić information content (AvgIpc) is 4.18. The summed E-state index contributed by atoms with van der Waals surface area (Å²) in [6, 6.07) is 15.9. The first-order valence-corrected chi connectivity index (χ1v) is 27.3. The van der Waals surface area contributed by atoms with Crippen LogP contribution in [0.25, 0.3) is 28.6 Å². The van der Waals surface area contributed by atoms with Crippen LogP contribution in [-0.4, -0.2) is 102 Å². The normalized spacial score (nSPS) is 22.9. The van der Waals surface area contributed by atoms with E-state index in [0.29, 0.717) is 60.9 Å². The molecular formula is C60H74FN7O8. The van der Waals surface area contributed by atoms with Gasteiger partial charge in [-0.25, -0.2) is 19.0 Å². The highest BCUT2D eigenvalue weighted by molar-refractivity contribution is 5.99. The zero-order chi connectivity index (χ0) is 53.9. The first-order chi connectivity index (χ1) is 36.6. The number of hydrogen-bond donors (Lipinski definition) is 3. The molecular weight excluding hydrogens is 966 g/mol. The van der Waals surface area contributed by atoms with Gasteiger partial charge in [0.25, 0.3) is 0 Å². The Morgan fingerprint density at radius 2 is 1.54 bits per heavy atom. The number of aromatic nitrogens is 2. The van der Waals surface area contributed by atoms with Crippen LogP contribution in [-0.2, 0) is 19.1 Å². The predicted molar refractivity (Wildman–Crippen MR) is 291 cm³/mol. The van der Waals surface area contributed by atoms with Crippen molar-refractivity contribution in [1.29, 1.82) is 0 Å². The van der Waals surface area contributed by atoms with Crippen LogP contribution < -0.4 is 20.1 Å². The zero-order valence-corrected chi connectivity index (χ0v) is 45.4. The van der Waals surface area contributed by atoms with Crippen molar-refractivity contribution < 1.29 is 42.5 Å². The molecule has 2 bridgehead atoms. The Labute approximate surface area is 446 Å². The van der Waals surface area contributed by atoms with Crippen molar-refractivity contribution in [3.63, 3.8) is 0 Å². The molecule has 5 heterocycles. The number of nitrogens with one attached hydrogen (secondary N) is 3. The molecule has 15 nitrogen and oxygen atoms in total. The standard InChI is InChI=1S/C60H74FN7O8/c1-10-24-75-42-15-11-14-38(28-42)55-44-29-41(52-45(61)30-40(31-51(52)76-55)48-32-62-56(64-48)50-17-13-23-68(50)58(70)54(34(4)5)66-60(72)74-9)27-39-26-37(19-20-43(39)36(44)7)47-25-35(6)18-21-46(63-47)49-16-12-22-67(49)57(69)53(33(2)3)65-59(71)73-8/h11,14-15,19-20,25-28,30-36,44,49-50,53-55H,10,12-13,16-18,21-24,29H2,1-9H3,(H,62,64)(H,65,71)(H,66,72). The fraction of sp³-hybridized carbons (Fsp3) is 0.500. The summed E-state index contributed by atoms with van der Waals surface area (Å²) >= 11 is 0. The maximum atomic E-state index is 17.5. The van der Waals surface area contributed by atoms with E-state index >= 15 is 4.39 Å². The predicted octanol–water partition coefficient (Wildman–Crippen LogP) is 11.4. The fourth-order valence-electron chi connectivity index (χ4n) is 11.9. The number of aliphatic imine (C=N–C) groups is 1. The van der Waals surface area contributed by atoms with Crippen molar-refractivity contribution in [1.82, 2.24) is 30.4 Å². The second-order valence-corrected chi connectivity index (χ2v) is 21.9. The lowest BCUT2D eigenvalue weighted by atomic mass is 9.78. The van der Waals surface area contributed by atoms with Crippen molar-refractivity contribution in [2.45, 2.75) is 136 Å². The van der Waals surface area contributed by atoms with E-state index in [1.54, 1.807) is 11.1 Å². The molecule has 4 aromatic rings. The number of rotatable bonds is 14. The Morgan fingerprint density at radius 1 is 0.855 bits per heavy atom. The van der Waals surface area contributed by atoms with E-state index in [0.717, 1.165) is 83.5 Å². The molecule has 0 radical (unpaired) electrons. The summed E-state index contributed by atoms with van der Waals surface area (Å²) in [5, 5.41) is 5.48. The summed E-state index contributed by atoms with van der Waals surface area (Å²) in [4.78, 5) is 70.0. The van der Waals surface area contributed by atoms with Gasteiger partial charge in [0.05, 0.1) is 56.1 Å². The smallest absolute Gasteiger partial charge is 0.407 e. The third kappa shape index (κ3) is 11.1. The van der Waals surface area contributed by atoms with Crippen molar-refractivity contribution in [3.05, 3.63) is 106 Å². The maximum absolute atomic E-state index is 17.5. The van der Waals surface area contributed by atoms with Gasteiger partial charge in [-0.3, -0.25) is 14.6 Å². The number of aromatic amines is 1. The highest BCUT2D eigenvalue weighted by Crippen LogP contribution is 2.53. The lowest BCUT2D eigenvalue weighted by molar-refractivity contribution is -0.135. The average molecular weight is 1040 g/mol. The summed E-state index contributed by atoms with van der Waals surface area (Å²) in [6.07, 6.45) is 10.3. The molecule has 8 atom stereocenters. The van der Waals surface area contributed by atoms with E-state index < -0.39 is 36.2 Å². The third-order valence-corrected chi connectivity index (χ3v) is 16.0. The molecule has 9 rings (SSSR count). The number of carbonyl (C=O) groups is 4. The van der Waals surface area contributed by atoms with Gasteiger partial charge in [0.15, 0.2) is 0 Å². The van der Waals surface area contributed by atoms with Crippen molar-refractivity contribution in [3.8, 4) is 22.8 Å². The largest absolute Gasteiger partial charge is 0.494 e. The second kappa shape index (κ2) is 23.1. The van der Waals surface area contributed by atoms with Crippen molar-refractivity contribution >= 4 is 47.1 Å². The van der Waals surface area contributed by atoms with Crippen LogP contribution in [0.5, 0.6) is 11.5 Å². The number of H-pyrrole nitrogens is 1. The Bertz CT molecular complexity index is 2930. The second-order valence-electron chi connectivity index (χ2n) is 21.9. The van der Waals surface area contributed by atoms with E-state index in [1.165, 1.54) is 20.3 Å². The molecule has 0 spiro atoms. The SMILES string of the molecule is CCCOc1cccc(C2Oc3cc(-c4cnc(C5CCCN5C(=O)C(NC(=O)OC)C(C)C)[nH]4)cc(F)c3C3=Cc4cc(C5=CC(C)CCC(C6CCCN6C(=O)C(NC(=O)OC)C(C)C)=N5)ccc4C(C)C2C3)c1. The minimum atomic E-state index is -0.780. The van der Waals surface area contributed by atoms with Gasteiger partial charge in [-0.1, -0.05) is 84.9 Å². The summed E-state index contributed by atoms with van der Waals surface area (Å²) < 4.78 is 40.5. The zero-order valence-electron chi connectivity index (χ0n) is 45.4. The first-order valence-electron chi connectivity index (χ1n) is 27.3. The Morgan fingerprint density at radius 3 is 2.21 bits per heavy atom. The Kier molecular flexibility index (Phi) is 16.4. The van der Waals surface area contributed by atoms with Crippen LogP contribution in [0.15, 0.2) is 71.9 Å². The molecule has 2 saturated heterocycles. The number of hydrogen-bond acceptors (Lipinski definition) is 10. The van der Waals surface area contributed by atoms with Crippen molar-refractivity contribution in [2.75, 3.05) is 33.9 Å².